The van der Waals surface area contributed by atoms with Crippen LogP contribution in [0, 0.1) is 5.82 Å². The zero-order valence-electron chi connectivity index (χ0n) is 12.7. The molecule has 0 unspecified atom stereocenters. The topological polar surface area (TPSA) is 49.4 Å². The third-order valence-electron chi connectivity index (χ3n) is 3.92. The molecule has 0 radical (unpaired) electrons. The second kappa shape index (κ2) is 6.68. The highest BCUT2D eigenvalue weighted by Crippen LogP contribution is 2.24. The molecule has 1 heterocycles. The van der Waals surface area contributed by atoms with Crippen LogP contribution in [0.2, 0.25) is 0 Å². The maximum absolute atomic E-state index is 12.9. The first-order valence-electron chi connectivity index (χ1n) is 7.68. The maximum Gasteiger partial charge on any atom is 0.243 e. The fourth-order valence-electron chi connectivity index (χ4n) is 2.69. The Bertz CT molecular complexity index is 769. The molecule has 23 heavy (non-hydrogen) atoms. The van der Waals surface area contributed by atoms with E-state index in [1.54, 1.807) is 40.7 Å². The molecule has 0 bridgehead atoms. The van der Waals surface area contributed by atoms with E-state index in [1.807, 2.05) is 0 Å². The lowest BCUT2D eigenvalue weighted by Gasteiger charge is -2.26. The highest BCUT2D eigenvalue weighted by Gasteiger charge is 2.25. The number of rotatable bonds is 4. The summed E-state index contributed by atoms with van der Waals surface area (Å²) in [5.41, 5.74) is 1.37. The maximum atomic E-state index is 12.9. The molecule has 122 valence electrons. The van der Waals surface area contributed by atoms with Crippen molar-refractivity contribution in [3.63, 3.8) is 0 Å². The summed E-state index contributed by atoms with van der Waals surface area (Å²) in [7, 11) is -3.45. The summed E-state index contributed by atoms with van der Waals surface area (Å²) >= 11 is 0. The molecular formula is C17H19FN2O2S. The zero-order valence-corrected chi connectivity index (χ0v) is 13.5. The van der Waals surface area contributed by atoms with Crippen LogP contribution in [0.5, 0.6) is 0 Å². The van der Waals surface area contributed by atoms with Gasteiger partial charge in [0.15, 0.2) is 0 Å². The van der Waals surface area contributed by atoms with Crippen molar-refractivity contribution >= 4 is 21.4 Å². The highest BCUT2D eigenvalue weighted by atomic mass is 32.2. The summed E-state index contributed by atoms with van der Waals surface area (Å²) in [6.45, 7) is 1.16. The lowest BCUT2D eigenvalue weighted by Crippen LogP contribution is -2.35. The number of anilines is 2. The first-order valence-corrected chi connectivity index (χ1v) is 9.12. The molecule has 0 aromatic heterocycles. The van der Waals surface area contributed by atoms with Gasteiger partial charge in [0.05, 0.1) is 4.90 Å². The van der Waals surface area contributed by atoms with Crippen LogP contribution in [0.1, 0.15) is 19.3 Å². The molecule has 0 atom stereocenters. The van der Waals surface area contributed by atoms with Crippen molar-refractivity contribution in [2.75, 3.05) is 18.4 Å². The number of benzene rings is 2. The Hall–Kier alpha value is -1.92. The SMILES string of the molecule is O=S(=O)(c1cccc(Nc2ccc(F)cc2)c1)N1CCCCC1. The van der Waals surface area contributed by atoms with Crippen molar-refractivity contribution in [1.29, 1.82) is 0 Å². The summed E-state index contributed by atoms with van der Waals surface area (Å²) in [4.78, 5) is 0.284. The molecular weight excluding hydrogens is 315 g/mol. The van der Waals surface area contributed by atoms with Gasteiger partial charge in [-0.15, -0.1) is 0 Å². The van der Waals surface area contributed by atoms with Crippen LogP contribution in [-0.4, -0.2) is 25.8 Å². The van der Waals surface area contributed by atoms with Gasteiger partial charge in [-0.1, -0.05) is 12.5 Å². The zero-order chi connectivity index (χ0) is 16.3. The van der Waals surface area contributed by atoms with Gasteiger partial charge >= 0.3 is 0 Å². The average Bonchev–Trinajstić information content (AvgIpc) is 2.58. The molecule has 1 N–H and O–H groups in total. The Morgan fingerprint density at radius 2 is 1.61 bits per heavy atom. The van der Waals surface area contributed by atoms with Crippen LogP contribution in [0.25, 0.3) is 0 Å². The molecule has 6 heteroatoms. The van der Waals surface area contributed by atoms with Gasteiger partial charge in [-0.2, -0.15) is 4.31 Å². The minimum atomic E-state index is -3.45. The quantitative estimate of drug-likeness (QED) is 0.926. The molecule has 1 aliphatic heterocycles. The number of piperidine rings is 1. The molecule has 1 aliphatic rings. The lowest BCUT2D eigenvalue weighted by molar-refractivity contribution is 0.346. The first kappa shape index (κ1) is 16.0. The molecule has 0 saturated carbocycles. The highest BCUT2D eigenvalue weighted by molar-refractivity contribution is 7.89. The van der Waals surface area contributed by atoms with E-state index >= 15 is 0 Å². The van der Waals surface area contributed by atoms with Gasteiger partial charge in [0, 0.05) is 24.5 Å². The summed E-state index contributed by atoms with van der Waals surface area (Å²) in [6.07, 6.45) is 2.90. The van der Waals surface area contributed by atoms with Crippen LogP contribution < -0.4 is 5.32 Å². The van der Waals surface area contributed by atoms with Crippen LogP contribution in [0.4, 0.5) is 15.8 Å². The third kappa shape index (κ3) is 3.71. The summed E-state index contributed by atoms with van der Waals surface area (Å²) < 4.78 is 39.9. The summed E-state index contributed by atoms with van der Waals surface area (Å²) in [5.74, 6) is -0.308. The van der Waals surface area contributed by atoms with E-state index in [0.717, 1.165) is 19.3 Å². The van der Waals surface area contributed by atoms with Crippen LogP contribution >= 0.6 is 0 Å². The number of sulfonamides is 1. The number of nitrogens with zero attached hydrogens (tertiary/aromatic N) is 1. The number of hydrogen-bond acceptors (Lipinski definition) is 3. The minimum absolute atomic E-state index is 0.284. The second-order valence-electron chi connectivity index (χ2n) is 5.62. The predicted molar refractivity (Wildman–Crippen MR) is 88.7 cm³/mol. The van der Waals surface area contributed by atoms with Gasteiger partial charge in [0.2, 0.25) is 10.0 Å². The average molecular weight is 334 g/mol. The third-order valence-corrected chi connectivity index (χ3v) is 5.81. The fourth-order valence-corrected chi connectivity index (χ4v) is 4.25. The van der Waals surface area contributed by atoms with E-state index < -0.39 is 10.0 Å². The van der Waals surface area contributed by atoms with Gasteiger partial charge in [-0.25, -0.2) is 12.8 Å². The molecule has 2 aromatic carbocycles. The number of nitrogens with one attached hydrogen (secondary N) is 1. The second-order valence-corrected chi connectivity index (χ2v) is 7.56. The normalized spacial score (nSPS) is 16.2. The summed E-state index contributed by atoms with van der Waals surface area (Å²) in [5, 5.41) is 3.10. The Morgan fingerprint density at radius 1 is 0.913 bits per heavy atom. The Balaban J connectivity index is 1.82. The molecule has 0 amide bonds. The van der Waals surface area contributed by atoms with E-state index in [4.69, 9.17) is 0 Å². The van der Waals surface area contributed by atoms with Crippen LogP contribution in [0.3, 0.4) is 0 Å². The van der Waals surface area contributed by atoms with E-state index in [2.05, 4.69) is 5.32 Å². The smallest absolute Gasteiger partial charge is 0.243 e. The van der Waals surface area contributed by atoms with Gasteiger partial charge < -0.3 is 5.32 Å². The van der Waals surface area contributed by atoms with Crippen LogP contribution in [-0.2, 0) is 10.0 Å². The van der Waals surface area contributed by atoms with Crippen molar-refractivity contribution in [1.82, 2.24) is 4.31 Å². The lowest BCUT2D eigenvalue weighted by atomic mass is 10.2. The van der Waals surface area contributed by atoms with Crippen molar-refractivity contribution in [2.45, 2.75) is 24.2 Å². The standard InChI is InChI=1S/C17H19FN2O2S/c18-14-7-9-15(10-8-14)19-16-5-4-6-17(13-16)23(21,22)20-11-2-1-3-12-20/h4-10,13,19H,1-3,11-12H2. The molecule has 0 spiro atoms. The van der Waals surface area contributed by atoms with E-state index in [0.29, 0.717) is 24.5 Å². The first-order chi connectivity index (χ1) is 11.1. The van der Waals surface area contributed by atoms with E-state index in [1.165, 1.54) is 12.1 Å². The van der Waals surface area contributed by atoms with Gasteiger partial charge in [0.25, 0.3) is 0 Å². The van der Waals surface area contributed by atoms with Crippen molar-refractivity contribution in [2.24, 2.45) is 0 Å². The molecule has 2 aromatic rings. The molecule has 0 aliphatic carbocycles. The van der Waals surface area contributed by atoms with E-state index in [-0.39, 0.29) is 10.7 Å². The Labute approximate surface area is 136 Å². The predicted octanol–water partition coefficient (Wildman–Crippen LogP) is 3.74. The van der Waals surface area contributed by atoms with Crippen molar-refractivity contribution in [3.05, 3.63) is 54.3 Å². The fraction of sp³-hybridized carbons (Fsp3) is 0.294. The van der Waals surface area contributed by atoms with Crippen molar-refractivity contribution < 1.29 is 12.8 Å². The van der Waals surface area contributed by atoms with Crippen LogP contribution in [0.15, 0.2) is 53.4 Å². The monoisotopic (exact) mass is 334 g/mol. The summed E-state index contributed by atoms with van der Waals surface area (Å²) in [6, 6.07) is 12.7. The Kier molecular flexibility index (Phi) is 4.63. The molecule has 3 rings (SSSR count). The largest absolute Gasteiger partial charge is 0.355 e. The van der Waals surface area contributed by atoms with Gasteiger partial charge in [0.1, 0.15) is 5.82 Å². The molecule has 1 saturated heterocycles. The van der Waals surface area contributed by atoms with Gasteiger partial charge in [-0.05, 0) is 55.3 Å². The molecule has 1 fully saturated rings. The Morgan fingerprint density at radius 3 is 2.30 bits per heavy atom. The number of halogens is 1. The molecule has 4 nitrogen and oxygen atoms in total. The minimum Gasteiger partial charge on any atom is -0.355 e. The number of hydrogen-bond donors (Lipinski definition) is 1. The van der Waals surface area contributed by atoms with E-state index in [9.17, 15) is 12.8 Å². The van der Waals surface area contributed by atoms with Crippen molar-refractivity contribution in [3.8, 4) is 0 Å². The van der Waals surface area contributed by atoms with Gasteiger partial charge in [-0.3, -0.25) is 0 Å².